The molecule has 1 unspecified atom stereocenters. The highest BCUT2D eigenvalue weighted by molar-refractivity contribution is 7.92. The van der Waals surface area contributed by atoms with E-state index in [1.165, 1.54) is 21.0 Å². The van der Waals surface area contributed by atoms with Gasteiger partial charge < -0.3 is 15.2 Å². The number of aliphatic carboxylic acids is 1. The number of carbonyl (C=O) groups is 2. The monoisotopic (exact) mass is 357 g/mol. The van der Waals surface area contributed by atoms with Crippen LogP contribution < -0.4 is 10.1 Å². The Kier molecular flexibility index (Phi) is 7.21. The first-order valence-corrected chi connectivity index (χ1v) is 9.22. The molecule has 8 heteroatoms. The van der Waals surface area contributed by atoms with E-state index in [0.717, 1.165) is 0 Å². The van der Waals surface area contributed by atoms with Crippen molar-refractivity contribution in [1.82, 2.24) is 5.32 Å². The first kappa shape index (κ1) is 20.0. The van der Waals surface area contributed by atoms with Gasteiger partial charge >= 0.3 is 5.97 Å². The fourth-order valence-electron chi connectivity index (χ4n) is 2.02. The second-order valence-electron chi connectivity index (χ2n) is 5.71. The maximum atomic E-state index is 11.8. The van der Waals surface area contributed by atoms with Gasteiger partial charge in [0, 0.05) is 6.54 Å². The van der Waals surface area contributed by atoms with Crippen LogP contribution in [0.1, 0.15) is 19.4 Å². The third kappa shape index (κ3) is 5.84. The maximum Gasteiger partial charge on any atom is 0.308 e. The summed E-state index contributed by atoms with van der Waals surface area (Å²) in [5, 5.41) is 11.1. The van der Waals surface area contributed by atoms with E-state index in [0.29, 0.717) is 11.3 Å². The van der Waals surface area contributed by atoms with Gasteiger partial charge in [-0.3, -0.25) is 9.59 Å². The molecule has 0 radical (unpaired) electrons. The molecule has 1 aromatic rings. The van der Waals surface area contributed by atoms with Crippen LogP contribution in [0.2, 0.25) is 0 Å². The van der Waals surface area contributed by atoms with Crippen LogP contribution >= 0.6 is 0 Å². The summed E-state index contributed by atoms with van der Waals surface area (Å²) in [5.74, 6) is -2.74. The van der Waals surface area contributed by atoms with E-state index in [9.17, 15) is 23.1 Å². The van der Waals surface area contributed by atoms with Gasteiger partial charge in [0.05, 0.1) is 18.3 Å². The van der Waals surface area contributed by atoms with Gasteiger partial charge in [0.2, 0.25) is 5.91 Å². The predicted molar refractivity (Wildman–Crippen MR) is 89.8 cm³/mol. The third-order valence-electron chi connectivity index (χ3n) is 3.60. The number of sulfone groups is 1. The fourth-order valence-corrected chi connectivity index (χ4v) is 2.82. The van der Waals surface area contributed by atoms with Crippen molar-refractivity contribution in [3.8, 4) is 5.75 Å². The van der Waals surface area contributed by atoms with Gasteiger partial charge in [0.15, 0.2) is 9.84 Å². The van der Waals surface area contributed by atoms with Crippen molar-refractivity contribution < 1.29 is 27.9 Å². The highest BCUT2D eigenvalue weighted by Crippen LogP contribution is 2.21. The highest BCUT2D eigenvalue weighted by Gasteiger charge is 2.24. The summed E-state index contributed by atoms with van der Waals surface area (Å²) < 4.78 is 28.6. The summed E-state index contributed by atoms with van der Waals surface area (Å²) in [4.78, 5) is 23.2. The zero-order chi connectivity index (χ0) is 18.3. The zero-order valence-electron chi connectivity index (χ0n) is 14.0. The van der Waals surface area contributed by atoms with Crippen LogP contribution in [0.5, 0.6) is 5.75 Å². The molecule has 24 heavy (non-hydrogen) atoms. The fraction of sp³-hybridized carbons (Fsp3) is 0.500. The molecule has 1 amide bonds. The van der Waals surface area contributed by atoms with E-state index < -0.39 is 38.6 Å². The summed E-state index contributed by atoms with van der Waals surface area (Å²) >= 11 is 0. The topological polar surface area (TPSA) is 110 Å². The summed E-state index contributed by atoms with van der Waals surface area (Å²) in [6.07, 6.45) is 0.163. The van der Waals surface area contributed by atoms with Crippen LogP contribution in [0.15, 0.2) is 24.3 Å². The largest absolute Gasteiger partial charge is 0.496 e. The minimum absolute atomic E-state index is 0.153. The molecule has 0 saturated heterocycles. The average molecular weight is 357 g/mol. The Morgan fingerprint density at radius 2 is 1.88 bits per heavy atom. The number of hydrogen-bond acceptors (Lipinski definition) is 5. The van der Waals surface area contributed by atoms with Gasteiger partial charge in [-0.25, -0.2) is 8.42 Å². The second-order valence-corrected chi connectivity index (χ2v) is 8.27. The van der Waals surface area contributed by atoms with Crippen molar-refractivity contribution in [2.24, 2.45) is 5.92 Å². The Hall–Kier alpha value is -2.09. The molecule has 1 atom stereocenters. The molecule has 7 nitrogen and oxygen atoms in total. The molecule has 0 aliphatic rings. The quantitative estimate of drug-likeness (QED) is 0.679. The van der Waals surface area contributed by atoms with E-state index >= 15 is 0 Å². The van der Waals surface area contributed by atoms with E-state index in [4.69, 9.17) is 4.74 Å². The molecule has 134 valence electrons. The smallest absolute Gasteiger partial charge is 0.308 e. The SMILES string of the molecule is COc1ccccc1CC(CNC(=O)CS(=O)(=O)C(C)C)C(=O)O. The van der Waals surface area contributed by atoms with Crippen LogP contribution in [0, 0.1) is 5.92 Å². The average Bonchev–Trinajstić information content (AvgIpc) is 2.50. The molecule has 0 saturated carbocycles. The lowest BCUT2D eigenvalue weighted by Gasteiger charge is -2.16. The number of para-hydroxylation sites is 1. The number of carboxylic acids is 1. The molecule has 0 aliphatic heterocycles. The first-order valence-electron chi connectivity index (χ1n) is 7.50. The van der Waals surface area contributed by atoms with Gasteiger partial charge in [0.25, 0.3) is 0 Å². The van der Waals surface area contributed by atoms with E-state index in [1.54, 1.807) is 24.3 Å². The number of hydrogen-bond donors (Lipinski definition) is 2. The first-order chi connectivity index (χ1) is 11.2. The predicted octanol–water partition coefficient (Wildman–Crippen LogP) is 0.878. The van der Waals surface area contributed by atoms with Crippen molar-refractivity contribution >= 4 is 21.7 Å². The third-order valence-corrected chi connectivity index (χ3v) is 5.71. The molecule has 1 rings (SSSR count). The van der Waals surface area contributed by atoms with Crippen molar-refractivity contribution in [2.75, 3.05) is 19.4 Å². The number of methoxy groups -OCH3 is 1. The number of carboxylic acid groups (broad SMARTS) is 1. The normalized spacial score (nSPS) is 12.7. The van der Waals surface area contributed by atoms with Gasteiger partial charge in [-0.1, -0.05) is 18.2 Å². The van der Waals surface area contributed by atoms with Crippen LogP contribution in [-0.2, 0) is 25.8 Å². The molecule has 0 heterocycles. The van der Waals surface area contributed by atoms with Gasteiger partial charge in [0.1, 0.15) is 11.5 Å². The minimum Gasteiger partial charge on any atom is -0.496 e. The van der Waals surface area contributed by atoms with Crippen molar-refractivity contribution in [2.45, 2.75) is 25.5 Å². The van der Waals surface area contributed by atoms with E-state index in [1.807, 2.05) is 0 Å². The van der Waals surface area contributed by atoms with Crippen molar-refractivity contribution in [3.05, 3.63) is 29.8 Å². The molecule has 0 aromatic heterocycles. The number of ether oxygens (including phenoxy) is 1. The molecule has 1 aromatic carbocycles. The standard InChI is InChI=1S/C16H23NO6S/c1-11(2)24(21,22)10-15(18)17-9-13(16(19)20)8-12-6-4-5-7-14(12)23-3/h4-7,11,13H,8-10H2,1-3H3,(H,17,18)(H,19,20). The number of amides is 1. The Labute approximate surface area is 141 Å². The minimum atomic E-state index is -3.51. The van der Waals surface area contributed by atoms with Gasteiger partial charge in [-0.15, -0.1) is 0 Å². The Balaban J connectivity index is 2.71. The summed E-state index contributed by atoms with van der Waals surface area (Å²) in [6, 6.07) is 7.02. The van der Waals surface area contributed by atoms with Gasteiger partial charge in [-0.2, -0.15) is 0 Å². The zero-order valence-corrected chi connectivity index (χ0v) is 14.8. The molecule has 0 spiro atoms. The molecule has 0 bridgehead atoms. The molecular weight excluding hydrogens is 334 g/mol. The van der Waals surface area contributed by atoms with Gasteiger partial charge in [-0.05, 0) is 31.9 Å². The second kappa shape index (κ2) is 8.68. The Morgan fingerprint density at radius 3 is 2.42 bits per heavy atom. The lowest BCUT2D eigenvalue weighted by molar-refractivity contribution is -0.141. The molecule has 0 fully saturated rings. The summed E-state index contributed by atoms with van der Waals surface area (Å²) in [6.45, 7) is 2.83. The Bertz CT molecular complexity index is 684. The van der Waals surface area contributed by atoms with Crippen LogP contribution in [0.4, 0.5) is 0 Å². The molecule has 2 N–H and O–H groups in total. The molecule has 0 aliphatic carbocycles. The van der Waals surface area contributed by atoms with Crippen LogP contribution in [-0.4, -0.2) is 50.1 Å². The van der Waals surface area contributed by atoms with Crippen molar-refractivity contribution in [3.63, 3.8) is 0 Å². The lowest BCUT2D eigenvalue weighted by atomic mass is 9.98. The summed E-state index contributed by atoms with van der Waals surface area (Å²) in [5.41, 5.74) is 0.705. The lowest BCUT2D eigenvalue weighted by Crippen LogP contribution is -2.38. The maximum absolute atomic E-state index is 11.8. The number of benzene rings is 1. The van der Waals surface area contributed by atoms with Crippen LogP contribution in [0.25, 0.3) is 0 Å². The van der Waals surface area contributed by atoms with E-state index in [-0.39, 0.29) is 13.0 Å². The van der Waals surface area contributed by atoms with Crippen LogP contribution in [0.3, 0.4) is 0 Å². The number of nitrogens with one attached hydrogen (secondary N) is 1. The van der Waals surface area contributed by atoms with Crippen molar-refractivity contribution in [1.29, 1.82) is 0 Å². The summed E-state index contributed by atoms with van der Waals surface area (Å²) in [7, 11) is -2.02. The molecular formula is C16H23NO6S. The number of rotatable bonds is 9. The Morgan fingerprint density at radius 1 is 1.25 bits per heavy atom. The number of carbonyl (C=O) groups excluding carboxylic acids is 1. The highest BCUT2D eigenvalue weighted by atomic mass is 32.2. The van der Waals surface area contributed by atoms with E-state index in [2.05, 4.69) is 5.32 Å².